The summed E-state index contributed by atoms with van der Waals surface area (Å²) in [4.78, 5) is 12.5. The van der Waals surface area contributed by atoms with E-state index in [-0.39, 0.29) is 11.9 Å². The average molecular weight is 286 g/mol. The predicted molar refractivity (Wildman–Crippen MR) is 78.2 cm³/mol. The first kappa shape index (κ1) is 13.7. The van der Waals surface area contributed by atoms with Gasteiger partial charge in [0, 0.05) is 17.3 Å². The van der Waals surface area contributed by atoms with Crippen molar-refractivity contribution < 1.29 is 4.79 Å². The number of nitrogens with one attached hydrogen (secondary N) is 2. The highest BCUT2D eigenvalue weighted by Crippen LogP contribution is 2.37. The molecule has 2 atom stereocenters. The molecular weight excluding hydrogens is 268 g/mol. The van der Waals surface area contributed by atoms with Crippen LogP contribution in [0.1, 0.15) is 26.2 Å². The quantitative estimate of drug-likeness (QED) is 0.788. The van der Waals surface area contributed by atoms with Crippen LogP contribution in [0, 0.1) is 5.41 Å². The molecule has 0 bridgehead atoms. The van der Waals surface area contributed by atoms with Gasteiger partial charge < -0.3 is 11.1 Å². The topological polar surface area (TPSA) is 110 Å². The van der Waals surface area contributed by atoms with Crippen LogP contribution in [-0.2, 0) is 4.79 Å². The average Bonchev–Trinajstić information content (AvgIpc) is 3.11. The fraction of sp³-hybridized carbons (Fsp3) is 0.429. The second-order valence-corrected chi connectivity index (χ2v) is 5.69. The van der Waals surface area contributed by atoms with E-state index >= 15 is 0 Å². The third-order valence-electron chi connectivity index (χ3n) is 4.27. The molecule has 1 aromatic carbocycles. The summed E-state index contributed by atoms with van der Waals surface area (Å²) in [5.74, 6) is 0.465. The molecule has 1 aliphatic rings. The van der Waals surface area contributed by atoms with E-state index in [1.54, 1.807) is 0 Å². The van der Waals surface area contributed by atoms with Gasteiger partial charge in [-0.3, -0.25) is 4.79 Å². The highest BCUT2D eigenvalue weighted by Gasteiger charge is 2.42. The number of hydrogen-bond acceptors (Lipinski definition) is 5. The van der Waals surface area contributed by atoms with E-state index in [1.807, 2.05) is 31.2 Å². The number of aromatic nitrogens is 4. The lowest BCUT2D eigenvalue weighted by atomic mass is 9.84. The van der Waals surface area contributed by atoms with Crippen molar-refractivity contribution in [2.45, 2.75) is 32.2 Å². The van der Waals surface area contributed by atoms with E-state index in [9.17, 15) is 4.79 Å². The standard InChI is InChI=1S/C14H18N6O/c1-14(7-3-6-11(14)15)13(21)16-10-5-2-4-9(8-10)12-17-19-20-18-12/h2,4-5,8,11H,3,6-7,15H2,1H3,(H,16,21)(H,17,18,19,20). The Morgan fingerprint density at radius 2 is 2.38 bits per heavy atom. The molecule has 1 fully saturated rings. The van der Waals surface area contributed by atoms with Crippen LogP contribution >= 0.6 is 0 Å². The number of aromatic amines is 1. The molecule has 0 spiro atoms. The minimum atomic E-state index is -0.498. The smallest absolute Gasteiger partial charge is 0.231 e. The Kier molecular flexibility index (Phi) is 3.42. The van der Waals surface area contributed by atoms with Crippen molar-refractivity contribution in [3.05, 3.63) is 24.3 Å². The van der Waals surface area contributed by atoms with E-state index in [4.69, 9.17) is 5.73 Å². The van der Waals surface area contributed by atoms with Gasteiger partial charge in [-0.25, -0.2) is 0 Å². The van der Waals surface area contributed by atoms with Crippen LogP contribution in [0.4, 0.5) is 5.69 Å². The normalized spacial score (nSPS) is 25.0. The van der Waals surface area contributed by atoms with Crippen LogP contribution < -0.4 is 11.1 Å². The zero-order valence-corrected chi connectivity index (χ0v) is 11.8. The molecule has 3 rings (SSSR count). The molecule has 0 aliphatic heterocycles. The van der Waals surface area contributed by atoms with Crippen LogP contribution in [-0.4, -0.2) is 32.6 Å². The number of amides is 1. The Morgan fingerprint density at radius 1 is 1.52 bits per heavy atom. The van der Waals surface area contributed by atoms with Gasteiger partial charge in [0.1, 0.15) is 0 Å². The Morgan fingerprint density at radius 3 is 3.05 bits per heavy atom. The summed E-state index contributed by atoms with van der Waals surface area (Å²) in [6.07, 6.45) is 2.71. The largest absolute Gasteiger partial charge is 0.327 e. The first-order chi connectivity index (χ1) is 10.1. The van der Waals surface area contributed by atoms with Crippen molar-refractivity contribution in [3.63, 3.8) is 0 Å². The van der Waals surface area contributed by atoms with Gasteiger partial charge in [-0.2, -0.15) is 5.21 Å². The number of nitrogens with zero attached hydrogens (tertiary/aromatic N) is 3. The maximum absolute atomic E-state index is 12.5. The lowest BCUT2D eigenvalue weighted by Gasteiger charge is -2.27. The second-order valence-electron chi connectivity index (χ2n) is 5.69. The lowest BCUT2D eigenvalue weighted by Crippen LogP contribution is -2.44. The van der Waals surface area contributed by atoms with Crippen molar-refractivity contribution in [1.82, 2.24) is 20.6 Å². The third kappa shape index (κ3) is 2.52. The third-order valence-corrected chi connectivity index (χ3v) is 4.27. The molecule has 0 radical (unpaired) electrons. The zero-order valence-electron chi connectivity index (χ0n) is 11.8. The Labute approximate surface area is 122 Å². The number of benzene rings is 1. The SMILES string of the molecule is CC1(C(=O)Nc2cccc(-c3nn[nH]n3)c2)CCCC1N. The lowest BCUT2D eigenvalue weighted by molar-refractivity contribution is -0.125. The van der Waals surface area contributed by atoms with Crippen LogP contribution in [0.3, 0.4) is 0 Å². The summed E-state index contributed by atoms with van der Waals surface area (Å²) < 4.78 is 0. The van der Waals surface area contributed by atoms with Gasteiger partial charge >= 0.3 is 0 Å². The van der Waals surface area contributed by atoms with Gasteiger partial charge in [-0.1, -0.05) is 18.6 Å². The first-order valence-corrected chi connectivity index (χ1v) is 7.00. The Hall–Kier alpha value is -2.28. The number of nitrogens with two attached hydrogens (primary N) is 1. The van der Waals surface area contributed by atoms with E-state index < -0.39 is 5.41 Å². The fourth-order valence-electron chi connectivity index (χ4n) is 2.77. The van der Waals surface area contributed by atoms with Crippen LogP contribution in [0.15, 0.2) is 24.3 Å². The van der Waals surface area contributed by atoms with E-state index in [0.29, 0.717) is 11.5 Å². The monoisotopic (exact) mass is 286 g/mol. The summed E-state index contributed by atoms with van der Waals surface area (Å²) in [6, 6.07) is 7.29. The van der Waals surface area contributed by atoms with Gasteiger partial charge in [-0.05, 0) is 37.1 Å². The molecule has 1 aromatic heterocycles. The molecule has 2 aromatic rings. The molecule has 1 saturated carbocycles. The maximum atomic E-state index is 12.5. The van der Waals surface area contributed by atoms with Gasteiger partial charge in [0.25, 0.3) is 0 Å². The summed E-state index contributed by atoms with van der Waals surface area (Å²) in [5.41, 5.74) is 7.09. The molecular formula is C14H18N6O. The highest BCUT2D eigenvalue weighted by molar-refractivity contribution is 5.96. The summed E-state index contributed by atoms with van der Waals surface area (Å²) >= 11 is 0. The second kappa shape index (κ2) is 5.25. The van der Waals surface area contributed by atoms with Gasteiger partial charge in [-0.15, -0.1) is 10.2 Å². The summed E-state index contributed by atoms with van der Waals surface area (Å²) in [5, 5.41) is 16.8. The van der Waals surface area contributed by atoms with Gasteiger partial charge in [0.05, 0.1) is 5.41 Å². The Balaban J connectivity index is 1.79. The predicted octanol–water partition coefficient (Wildman–Crippen LogP) is 1.32. The van der Waals surface area contributed by atoms with Gasteiger partial charge in [0.2, 0.25) is 11.7 Å². The molecule has 4 N–H and O–H groups in total. The van der Waals surface area contributed by atoms with E-state index in [2.05, 4.69) is 25.9 Å². The minimum absolute atomic E-state index is 0.0299. The van der Waals surface area contributed by atoms with Crippen molar-refractivity contribution >= 4 is 11.6 Å². The number of carbonyl (C=O) groups excluding carboxylic acids is 1. The summed E-state index contributed by atoms with van der Waals surface area (Å²) in [7, 11) is 0. The summed E-state index contributed by atoms with van der Waals surface area (Å²) in [6.45, 7) is 1.93. The number of H-pyrrole nitrogens is 1. The number of hydrogen-bond donors (Lipinski definition) is 3. The maximum Gasteiger partial charge on any atom is 0.231 e. The number of tetrazole rings is 1. The Bertz CT molecular complexity index is 641. The van der Waals surface area contributed by atoms with E-state index in [1.165, 1.54) is 0 Å². The number of rotatable bonds is 3. The van der Waals surface area contributed by atoms with Crippen LogP contribution in [0.5, 0.6) is 0 Å². The van der Waals surface area contributed by atoms with Gasteiger partial charge in [0.15, 0.2) is 0 Å². The molecule has 7 heteroatoms. The first-order valence-electron chi connectivity index (χ1n) is 7.00. The molecule has 1 aliphatic carbocycles. The molecule has 21 heavy (non-hydrogen) atoms. The molecule has 1 heterocycles. The highest BCUT2D eigenvalue weighted by atomic mass is 16.2. The fourth-order valence-corrected chi connectivity index (χ4v) is 2.77. The molecule has 0 saturated heterocycles. The molecule has 2 unspecified atom stereocenters. The minimum Gasteiger partial charge on any atom is -0.327 e. The van der Waals surface area contributed by atoms with Crippen molar-refractivity contribution in [3.8, 4) is 11.4 Å². The zero-order chi connectivity index (χ0) is 14.9. The molecule has 7 nitrogen and oxygen atoms in total. The van der Waals surface area contributed by atoms with Crippen LogP contribution in [0.2, 0.25) is 0 Å². The van der Waals surface area contributed by atoms with Crippen molar-refractivity contribution in [1.29, 1.82) is 0 Å². The van der Waals surface area contributed by atoms with Crippen LogP contribution in [0.25, 0.3) is 11.4 Å². The van der Waals surface area contributed by atoms with E-state index in [0.717, 1.165) is 24.8 Å². The van der Waals surface area contributed by atoms with Crippen molar-refractivity contribution in [2.75, 3.05) is 5.32 Å². The molecule has 110 valence electrons. The number of carbonyl (C=O) groups is 1. The van der Waals surface area contributed by atoms with Crippen molar-refractivity contribution in [2.24, 2.45) is 11.1 Å². The number of anilines is 1. The molecule has 1 amide bonds.